The molecule has 0 aliphatic heterocycles. The highest BCUT2D eigenvalue weighted by Gasteiger charge is 2.28. The first kappa shape index (κ1) is 23.0. The normalized spacial score (nSPS) is 13.7. The Bertz CT molecular complexity index is 1100. The van der Waals surface area contributed by atoms with Crippen LogP contribution in [0, 0.1) is 11.2 Å². The van der Waals surface area contributed by atoms with Gasteiger partial charge in [-0.15, -0.1) is 0 Å². The van der Waals surface area contributed by atoms with E-state index in [1.807, 2.05) is 16.7 Å². The van der Waals surface area contributed by atoms with Crippen LogP contribution in [-0.4, -0.2) is 28.0 Å². The molecule has 0 radical (unpaired) electrons. The zero-order valence-electron chi connectivity index (χ0n) is 20.0. The third-order valence-corrected chi connectivity index (χ3v) is 5.80. The van der Waals surface area contributed by atoms with Crippen LogP contribution in [0.1, 0.15) is 56.6 Å². The first-order chi connectivity index (χ1) is 15.7. The number of anilines is 2. The third kappa shape index (κ3) is 5.81. The van der Waals surface area contributed by atoms with Gasteiger partial charge in [-0.1, -0.05) is 32.9 Å². The molecular weight excluding hydrogens is 415 g/mol. The third-order valence-electron chi connectivity index (χ3n) is 5.80. The number of imidazole rings is 1. The van der Waals surface area contributed by atoms with Crippen LogP contribution in [0.4, 0.5) is 15.8 Å². The van der Waals surface area contributed by atoms with E-state index >= 15 is 0 Å². The second-order valence-corrected chi connectivity index (χ2v) is 10.0. The van der Waals surface area contributed by atoms with Crippen molar-refractivity contribution in [2.45, 2.75) is 59.7 Å². The Morgan fingerprint density at radius 3 is 2.48 bits per heavy atom. The van der Waals surface area contributed by atoms with Crippen molar-refractivity contribution in [2.75, 3.05) is 16.3 Å². The molecule has 3 aromatic rings. The number of carbonyl (C=O) groups excluding carboxylic acids is 1. The van der Waals surface area contributed by atoms with Crippen molar-refractivity contribution >= 4 is 17.3 Å². The fourth-order valence-corrected chi connectivity index (χ4v) is 4.20. The van der Waals surface area contributed by atoms with Crippen LogP contribution < -0.4 is 9.80 Å². The molecule has 6 heteroatoms. The molecule has 1 heterocycles. The number of nitrogens with zero attached hydrogens (tertiary/aromatic N) is 4. The molecule has 0 atom stereocenters. The SMILES string of the molecule is CCN(c1cccc(CN(C(=O)c2cn(CC(C)(C)C)cn2)c2ccc(F)cc2)c1)C1CC1. The van der Waals surface area contributed by atoms with Crippen LogP contribution in [0.5, 0.6) is 0 Å². The van der Waals surface area contributed by atoms with E-state index in [-0.39, 0.29) is 17.1 Å². The molecule has 1 saturated carbocycles. The van der Waals surface area contributed by atoms with Crippen molar-refractivity contribution in [2.24, 2.45) is 5.41 Å². The van der Waals surface area contributed by atoms with Gasteiger partial charge in [0.05, 0.1) is 12.9 Å². The second kappa shape index (κ2) is 9.38. The highest BCUT2D eigenvalue weighted by Crippen LogP contribution is 2.32. The van der Waals surface area contributed by atoms with E-state index in [4.69, 9.17) is 0 Å². The summed E-state index contributed by atoms with van der Waals surface area (Å²) < 4.78 is 15.5. The van der Waals surface area contributed by atoms with E-state index in [0.717, 1.165) is 18.7 Å². The molecule has 33 heavy (non-hydrogen) atoms. The number of amides is 1. The Morgan fingerprint density at radius 2 is 1.85 bits per heavy atom. The lowest BCUT2D eigenvalue weighted by molar-refractivity contribution is 0.0980. The predicted octanol–water partition coefficient (Wildman–Crippen LogP) is 5.90. The molecule has 1 fully saturated rings. The van der Waals surface area contributed by atoms with E-state index in [1.165, 1.54) is 30.7 Å². The van der Waals surface area contributed by atoms with Gasteiger partial charge in [0.2, 0.25) is 0 Å². The predicted molar refractivity (Wildman–Crippen MR) is 131 cm³/mol. The van der Waals surface area contributed by atoms with Gasteiger partial charge < -0.3 is 14.4 Å². The summed E-state index contributed by atoms with van der Waals surface area (Å²) in [7, 11) is 0. The number of hydrogen-bond acceptors (Lipinski definition) is 3. The molecule has 1 aromatic heterocycles. The molecule has 1 aliphatic rings. The largest absolute Gasteiger partial charge is 0.369 e. The van der Waals surface area contributed by atoms with Crippen molar-refractivity contribution in [3.05, 3.63) is 78.1 Å². The maximum Gasteiger partial charge on any atom is 0.278 e. The van der Waals surface area contributed by atoms with E-state index in [2.05, 4.69) is 49.7 Å². The van der Waals surface area contributed by atoms with Crippen molar-refractivity contribution < 1.29 is 9.18 Å². The maximum absolute atomic E-state index is 13.6. The van der Waals surface area contributed by atoms with Crippen molar-refractivity contribution in [1.82, 2.24) is 9.55 Å². The molecule has 0 saturated heterocycles. The summed E-state index contributed by atoms with van der Waals surface area (Å²) in [5, 5.41) is 0. The van der Waals surface area contributed by atoms with Crippen LogP contribution in [-0.2, 0) is 13.1 Å². The average Bonchev–Trinajstić information content (AvgIpc) is 3.50. The molecule has 0 spiro atoms. The molecule has 174 valence electrons. The summed E-state index contributed by atoms with van der Waals surface area (Å²) in [5.74, 6) is -0.528. The van der Waals surface area contributed by atoms with Gasteiger partial charge in [-0.3, -0.25) is 4.79 Å². The number of carbonyl (C=O) groups is 1. The quantitative estimate of drug-likeness (QED) is 0.431. The van der Waals surface area contributed by atoms with Gasteiger partial charge >= 0.3 is 0 Å². The lowest BCUT2D eigenvalue weighted by Gasteiger charge is -2.25. The summed E-state index contributed by atoms with van der Waals surface area (Å²) >= 11 is 0. The van der Waals surface area contributed by atoms with Crippen LogP contribution >= 0.6 is 0 Å². The standard InChI is InChI=1S/C27H33FN4O/c1-5-31(22-13-14-22)24-8-6-7-20(15-24)16-32(23-11-9-21(28)10-12-23)26(33)25-17-30(19-29-25)18-27(2,3)4/h6-12,15,17,19,22H,5,13-14,16,18H2,1-4H3. The summed E-state index contributed by atoms with van der Waals surface area (Å²) in [6, 6.07) is 15.0. The molecule has 1 aliphatic carbocycles. The molecule has 4 rings (SSSR count). The van der Waals surface area contributed by atoms with Crippen LogP contribution in [0.25, 0.3) is 0 Å². The second-order valence-electron chi connectivity index (χ2n) is 10.0. The number of aromatic nitrogens is 2. The van der Waals surface area contributed by atoms with Gasteiger partial charge in [-0.2, -0.15) is 0 Å². The van der Waals surface area contributed by atoms with Crippen molar-refractivity contribution in [1.29, 1.82) is 0 Å². The zero-order valence-corrected chi connectivity index (χ0v) is 20.0. The number of hydrogen-bond donors (Lipinski definition) is 0. The smallest absolute Gasteiger partial charge is 0.278 e. The Hall–Kier alpha value is -3.15. The fourth-order valence-electron chi connectivity index (χ4n) is 4.20. The topological polar surface area (TPSA) is 41.4 Å². The molecule has 0 N–H and O–H groups in total. The molecule has 0 bridgehead atoms. The Kier molecular flexibility index (Phi) is 6.54. The average molecular weight is 449 g/mol. The van der Waals surface area contributed by atoms with E-state index in [9.17, 15) is 9.18 Å². The molecule has 5 nitrogen and oxygen atoms in total. The minimum Gasteiger partial charge on any atom is -0.369 e. The van der Waals surface area contributed by atoms with Gasteiger partial charge in [0.1, 0.15) is 11.5 Å². The zero-order chi connectivity index (χ0) is 23.6. The van der Waals surface area contributed by atoms with Crippen LogP contribution in [0.3, 0.4) is 0 Å². The number of rotatable bonds is 8. The summed E-state index contributed by atoms with van der Waals surface area (Å²) in [6.45, 7) is 10.7. The van der Waals surface area contributed by atoms with Crippen LogP contribution in [0.15, 0.2) is 61.1 Å². The van der Waals surface area contributed by atoms with Crippen molar-refractivity contribution in [3.8, 4) is 0 Å². The minimum atomic E-state index is -0.328. The van der Waals surface area contributed by atoms with Gasteiger partial charge in [0.25, 0.3) is 5.91 Å². The van der Waals surface area contributed by atoms with Crippen molar-refractivity contribution in [3.63, 3.8) is 0 Å². The highest BCUT2D eigenvalue weighted by molar-refractivity contribution is 6.04. The fraction of sp³-hybridized carbons (Fsp3) is 0.407. The van der Waals surface area contributed by atoms with E-state index in [1.54, 1.807) is 29.6 Å². The van der Waals surface area contributed by atoms with Crippen LogP contribution in [0.2, 0.25) is 0 Å². The number of halogens is 1. The van der Waals surface area contributed by atoms with Gasteiger partial charge in [-0.05, 0) is 67.1 Å². The van der Waals surface area contributed by atoms with E-state index in [0.29, 0.717) is 24.0 Å². The molecule has 2 aromatic carbocycles. The maximum atomic E-state index is 13.6. The van der Waals surface area contributed by atoms with Gasteiger partial charge in [0.15, 0.2) is 0 Å². The minimum absolute atomic E-state index is 0.0742. The monoisotopic (exact) mass is 448 g/mol. The first-order valence-corrected chi connectivity index (χ1v) is 11.7. The summed E-state index contributed by atoms with van der Waals surface area (Å²) in [4.78, 5) is 22.0. The Labute approximate surface area is 195 Å². The number of benzene rings is 2. The first-order valence-electron chi connectivity index (χ1n) is 11.7. The highest BCUT2D eigenvalue weighted by atomic mass is 19.1. The van der Waals surface area contributed by atoms with Gasteiger partial charge in [0, 0.05) is 36.7 Å². The van der Waals surface area contributed by atoms with E-state index < -0.39 is 0 Å². The summed E-state index contributed by atoms with van der Waals surface area (Å²) in [6.07, 6.45) is 5.97. The molecule has 1 amide bonds. The van der Waals surface area contributed by atoms with Gasteiger partial charge in [-0.25, -0.2) is 9.37 Å². The molecular formula is C27H33FN4O. The molecule has 0 unspecified atom stereocenters. The lowest BCUT2D eigenvalue weighted by atomic mass is 9.97. The Morgan fingerprint density at radius 1 is 1.12 bits per heavy atom. The lowest BCUT2D eigenvalue weighted by Crippen LogP contribution is -2.31. The Balaban J connectivity index is 1.62. The summed E-state index contributed by atoms with van der Waals surface area (Å²) in [5.41, 5.74) is 3.31.